The smallest absolute Gasteiger partial charge is 0.236 e. The highest BCUT2D eigenvalue weighted by Crippen LogP contribution is 2.10. The molecule has 19 heavy (non-hydrogen) atoms. The minimum absolute atomic E-state index is 0. The molecule has 1 N–H and O–H groups in total. The largest absolute Gasteiger partial charge is 0.342 e. The van der Waals surface area contributed by atoms with Gasteiger partial charge in [-0.3, -0.25) is 9.69 Å². The van der Waals surface area contributed by atoms with E-state index in [4.69, 9.17) is 0 Å². The Morgan fingerprint density at radius 1 is 1.21 bits per heavy atom. The third-order valence-electron chi connectivity index (χ3n) is 3.69. The Morgan fingerprint density at radius 2 is 1.74 bits per heavy atom. The predicted octanol–water partition coefficient (Wildman–Crippen LogP) is 1.74. The zero-order valence-corrected chi connectivity index (χ0v) is 13.5. The topological polar surface area (TPSA) is 35.6 Å². The third kappa shape index (κ3) is 6.59. The van der Waals surface area contributed by atoms with E-state index in [1.165, 1.54) is 0 Å². The molecule has 0 aromatic rings. The highest BCUT2D eigenvalue weighted by atomic mass is 35.5. The Hall–Kier alpha value is -0.320. The van der Waals surface area contributed by atoms with Gasteiger partial charge in [0, 0.05) is 32.2 Å². The van der Waals surface area contributed by atoms with Crippen LogP contribution in [0, 0.1) is 0 Å². The highest BCUT2D eigenvalue weighted by Gasteiger charge is 2.21. The van der Waals surface area contributed by atoms with Crippen LogP contribution in [0.1, 0.15) is 39.5 Å². The molecular weight excluding hydrogens is 262 g/mol. The van der Waals surface area contributed by atoms with E-state index in [1.54, 1.807) is 0 Å². The van der Waals surface area contributed by atoms with Crippen molar-refractivity contribution >= 4 is 18.3 Å². The van der Waals surface area contributed by atoms with Crippen LogP contribution in [0.25, 0.3) is 0 Å². The number of carbonyl (C=O) groups is 1. The van der Waals surface area contributed by atoms with E-state index in [-0.39, 0.29) is 12.4 Å². The van der Waals surface area contributed by atoms with Gasteiger partial charge in [0.05, 0.1) is 6.54 Å². The highest BCUT2D eigenvalue weighted by molar-refractivity contribution is 5.85. The van der Waals surface area contributed by atoms with E-state index in [0.29, 0.717) is 18.5 Å². The summed E-state index contributed by atoms with van der Waals surface area (Å²) in [5.41, 5.74) is 0. The predicted molar refractivity (Wildman–Crippen MR) is 82.9 cm³/mol. The summed E-state index contributed by atoms with van der Waals surface area (Å²) in [5, 5.41) is 3.32. The van der Waals surface area contributed by atoms with Crippen molar-refractivity contribution < 1.29 is 4.79 Å². The number of rotatable bonds is 7. The molecule has 1 aliphatic rings. The van der Waals surface area contributed by atoms with Gasteiger partial charge < -0.3 is 10.2 Å². The molecule has 1 saturated heterocycles. The van der Waals surface area contributed by atoms with E-state index in [1.807, 2.05) is 11.9 Å². The number of piperidine rings is 1. The summed E-state index contributed by atoms with van der Waals surface area (Å²) in [6, 6.07) is 0.638. The lowest BCUT2D eigenvalue weighted by Crippen LogP contribution is -2.46. The van der Waals surface area contributed by atoms with Crippen molar-refractivity contribution in [3.63, 3.8) is 0 Å². The minimum Gasteiger partial charge on any atom is -0.342 e. The molecule has 114 valence electrons. The monoisotopic (exact) mass is 291 g/mol. The van der Waals surface area contributed by atoms with Crippen LogP contribution in [0.5, 0.6) is 0 Å². The van der Waals surface area contributed by atoms with Gasteiger partial charge in [-0.15, -0.1) is 12.4 Å². The van der Waals surface area contributed by atoms with Gasteiger partial charge in [-0.2, -0.15) is 0 Å². The van der Waals surface area contributed by atoms with Gasteiger partial charge in [-0.05, 0) is 32.7 Å². The molecule has 0 unspecified atom stereocenters. The molecule has 0 atom stereocenters. The summed E-state index contributed by atoms with van der Waals surface area (Å²) in [5.74, 6) is 0.307. The Morgan fingerprint density at radius 3 is 2.16 bits per heavy atom. The van der Waals surface area contributed by atoms with Gasteiger partial charge >= 0.3 is 0 Å². The molecule has 1 fully saturated rings. The Labute approximate surface area is 124 Å². The average molecular weight is 292 g/mol. The fourth-order valence-corrected chi connectivity index (χ4v) is 2.57. The molecule has 1 aliphatic heterocycles. The first-order chi connectivity index (χ1) is 8.71. The molecule has 4 nitrogen and oxygen atoms in total. The maximum atomic E-state index is 12.2. The second kappa shape index (κ2) is 10.5. The van der Waals surface area contributed by atoms with Crippen LogP contribution in [-0.4, -0.2) is 61.5 Å². The van der Waals surface area contributed by atoms with Crippen LogP contribution >= 0.6 is 12.4 Å². The molecule has 0 radical (unpaired) electrons. The average Bonchev–Trinajstić information content (AvgIpc) is 2.39. The summed E-state index contributed by atoms with van der Waals surface area (Å²) in [4.78, 5) is 16.5. The Kier molecular flexibility index (Phi) is 10.3. The van der Waals surface area contributed by atoms with Crippen molar-refractivity contribution in [2.75, 3.05) is 39.8 Å². The summed E-state index contributed by atoms with van der Waals surface area (Å²) in [7, 11) is 2.02. The third-order valence-corrected chi connectivity index (χ3v) is 3.69. The van der Waals surface area contributed by atoms with E-state index < -0.39 is 0 Å². The molecule has 0 bridgehead atoms. The Bertz CT molecular complexity index is 237. The van der Waals surface area contributed by atoms with Crippen molar-refractivity contribution in [3.05, 3.63) is 0 Å². The van der Waals surface area contributed by atoms with Crippen LogP contribution in [0.3, 0.4) is 0 Å². The fourth-order valence-electron chi connectivity index (χ4n) is 2.57. The number of likely N-dealkylation sites (tertiary alicyclic amines) is 1. The van der Waals surface area contributed by atoms with Crippen molar-refractivity contribution in [2.24, 2.45) is 0 Å². The van der Waals surface area contributed by atoms with E-state index in [0.717, 1.165) is 51.9 Å². The SMILES string of the molecule is CCCN(CCC)C(=O)CN1CCC(NC)CC1.Cl. The molecule has 0 aromatic heterocycles. The van der Waals surface area contributed by atoms with Crippen LogP contribution in [0.2, 0.25) is 0 Å². The van der Waals surface area contributed by atoms with Crippen molar-refractivity contribution in [1.82, 2.24) is 15.1 Å². The first kappa shape index (κ1) is 18.7. The van der Waals surface area contributed by atoms with Crippen molar-refractivity contribution in [3.8, 4) is 0 Å². The fraction of sp³-hybridized carbons (Fsp3) is 0.929. The first-order valence-corrected chi connectivity index (χ1v) is 7.38. The second-order valence-electron chi connectivity index (χ2n) is 5.22. The summed E-state index contributed by atoms with van der Waals surface area (Å²) in [6.45, 7) is 8.77. The standard InChI is InChI=1S/C14H29N3O.ClH/c1-4-8-17(9-5-2)14(18)12-16-10-6-13(15-3)7-11-16;/h13,15H,4-12H2,1-3H3;1H. The maximum absolute atomic E-state index is 12.2. The lowest BCUT2D eigenvalue weighted by atomic mass is 10.1. The number of amides is 1. The van der Waals surface area contributed by atoms with Crippen LogP contribution < -0.4 is 5.32 Å². The van der Waals surface area contributed by atoms with Crippen LogP contribution in [-0.2, 0) is 4.79 Å². The quantitative estimate of drug-likeness (QED) is 0.776. The van der Waals surface area contributed by atoms with E-state index in [9.17, 15) is 4.79 Å². The van der Waals surface area contributed by atoms with Crippen LogP contribution in [0.15, 0.2) is 0 Å². The van der Waals surface area contributed by atoms with E-state index >= 15 is 0 Å². The number of nitrogens with one attached hydrogen (secondary N) is 1. The van der Waals surface area contributed by atoms with Crippen molar-refractivity contribution in [1.29, 1.82) is 0 Å². The van der Waals surface area contributed by atoms with E-state index in [2.05, 4.69) is 24.1 Å². The zero-order chi connectivity index (χ0) is 13.4. The van der Waals surface area contributed by atoms with Gasteiger partial charge in [0.2, 0.25) is 5.91 Å². The van der Waals surface area contributed by atoms with Gasteiger partial charge in [0.25, 0.3) is 0 Å². The normalized spacial score (nSPS) is 17.0. The number of hydrogen-bond acceptors (Lipinski definition) is 3. The molecule has 1 rings (SSSR count). The molecule has 0 saturated carbocycles. The van der Waals surface area contributed by atoms with Gasteiger partial charge in [0.1, 0.15) is 0 Å². The van der Waals surface area contributed by atoms with Crippen LogP contribution in [0.4, 0.5) is 0 Å². The summed E-state index contributed by atoms with van der Waals surface area (Å²) >= 11 is 0. The second-order valence-corrected chi connectivity index (χ2v) is 5.22. The number of halogens is 1. The lowest BCUT2D eigenvalue weighted by Gasteiger charge is -2.33. The molecule has 1 heterocycles. The lowest BCUT2D eigenvalue weighted by molar-refractivity contribution is -0.132. The first-order valence-electron chi connectivity index (χ1n) is 7.38. The maximum Gasteiger partial charge on any atom is 0.236 e. The minimum atomic E-state index is 0. The molecule has 0 aliphatic carbocycles. The summed E-state index contributed by atoms with van der Waals surface area (Å²) < 4.78 is 0. The molecular formula is C14H30ClN3O. The zero-order valence-electron chi connectivity index (χ0n) is 12.7. The number of carbonyl (C=O) groups excluding carboxylic acids is 1. The molecule has 5 heteroatoms. The van der Waals surface area contributed by atoms with Gasteiger partial charge in [-0.25, -0.2) is 0 Å². The molecule has 0 spiro atoms. The Balaban J connectivity index is 0.00000324. The van der Waals surface area contributed by atoms with Crippen molar-refractivity contribution in [2.45, 2.75) is 45.6 Å². The summed E-state index contributed by atoms with van der Waals surface area (Å²) in [6.07, 6.45) is 4.41. The van der Waals surface area contributed by atoms with Gasteiger partial charge in [0.15, 0.2) is 0 Å². The van der Waals surface area contributed by atoms with Gasteiger partial charge in [-0.1, -0.05) is 13.8 Å². The molecule has 1 amide bonds. The number of nitrogens with zero attached hydrogens (tertiary/aromatic N) is 2. The number of hydrogen-bond donors (Lipinski definition) is 1. The molecule has 0 aromatic carbocycles.